The zero-order valence-corrected chi connectivity index (χ0v) is 14.2. The number of nitrogens with zero attached hydrogens (tertiary/aromatic N) is 2. The first kappa shape index (κ1) is 17.2. The maximum Gasteiger partial charge on any atom is 0.253 e. The van der Waals surface area contributed by atoms with Crippen LogP contribution in [0.4, 0.5) is 0 Å². The van der Waals surface area contributed by atoms with Crippen LogP contribution in [0.15, 0.2) is 0 Å². The number of amides is 2. The van der Waals surface area contributed by atoms with E-state index < -0.39 is 5.60 Å². The largest absolute Gasteiger partial charge is 0.362 e. The van der Waals surface area contributed by atoms with Crippen molar-refractivity contribution < 1.29 is 14.3 Å². The molecule has 126 valence electrons. The molecule has 6 heteroatoms. The Morgan fingerprint density at radius 2 is 1.86 bits per heavy atom. The predicted molar refractivity (Wildman–Crippen MR) is 84.4 cm³/mol. The number of morpholine rings is 1. The third kappa shape index (κ3) is 3.60. The molecule has 1 N–H and O–H groups in total. The van der Waals surface area contributed by atoms with E-state index in [9.17, 15) is 9.59 Å². The fourth-order valence-corrected chi connectivity index (χ4v) is 3.38. The van der Waals surface area contributed by atoms with E-state index in [4.69, 9.17) is 4.74 Å². The normalized spacial score (nSPS) is 28.0. The van der Waals surface area contributed by atoms with E-state index >= 15 is 0 Å². The summed E-state index contributed by atoms with van der Waals surface area (Å²) in [6.45, 7) is 9.44. The van der Waals surface area contributed by atoms with Crippen molar-refractivity contribution in [2.45, 2.75) is 45.3 Å². The van der Waals surface area contributed by atoms with E-state index in [1.165, 1.54) is 0 Å². The molecule has 0 aliphatic carbocycles. The number of hydrogen-bond donors (Lipinski definition) is 1. The van der Waals surface area contributed by atoms with Gasteiger partial charge in [-0.3, -0.25) is 9.59 Å². The van der Waals surface area contributed by atoms with Gasteiger partial charge in [0.15, 0.2) is 5.60 Å². The van der Waals surface area contributed by atoms with Gasteiger partial charge in [0.25, 0.3) is 5.91 Å². The summed E-state index contributed by atoms with van der Waals surface area (Å²) in [5.74, 6) is 0.100. The van der Waals surface area contributed by atoms with Crippen LogP contribution in [0.1, 0.15) is 33.6 Å². The average Bonchev–Trinajstić information content (AvgIpc) is 2.53. The van der Waals surface area contributed by atoms with Gasteiger partial charge in [0, 0.05) is 25.6 Å². The molecule has 2 aliphatic rings. The molecule has 0 aromatic rings. The van der Waals surface area contributed by atoms with Gasteiger partial charge < -0.3 is 19.9 Å². The van der Waals surface area contributed by atoms with Crippen LogP contribution < -0.4 is 5.32 Å². The Bertz CT molecular complexity index is 419. The summed E-state index contributed by atoms with van der Waals surface area (Å²) in [5.41, 5.74) is -0.929. The molecular formula is C16H29N3O3. The maximum absolute atomic E-state index is 12.7. The average molecular weight is 311 g/mol. The van der Waals surface area contributed by atoms with E-state index in [-0.39, 0.29) is 17.7 Å². The number of carbonyl (C=O) groups excluding carboxylic acids is 2. The lowest BCUT2D eigenvalue weighted by Gasteiger charge is -2.41. The van der Waals surface area contributed by atoms with E-state index in [2.05, 4.69) is 24.1 Å². The van der Waals surface area contributed by atoms with Crippen molar-refractivity contribution in [1.29, 1.82) is 0 Å². The highest BCUT2D eigenvalue weighted by molar-refractivity contribution is 5.86. The number of rotatable bonds is 3. The van der Waals surface area contributed by atoms with Crippen molar-refractivity contribution in [2.75, 3.05) is 39.8 Å². The van der Waals surface area contributed by atoms with E-state index in [1.54, 1.807) is 14.0 Å². The Kier molecular flexibility index (Phi) is 5.45. The number of likely N-dealkylation sites (tertiary alicyclic amines) is 1. The SMILES string of the molecule is CNC(=O)C1(C)CN(C(=O)C2CCN(C(C)C)CC2)CCO1. The van der Waals surface area contributed by atoms with Crippen LogP contribution in [-0.2, 0) is 14.3 Å². The zero-order chi connectivity index (χ0) is 16.3. The summed E-state index contributed by atoms with van der Waals surface area (Å²) < 4.78 is 5.62. The molecular weight excluding hydrogens is 282 g/mol. The zero-order valence-electron chi connectivity index (χ0n) is 14.2. The third-order valence-corrected chi connectivity index (χ3v) is 4.90. The van der Waals surface area contributed by atoms with Crippen LogP contribution in [0.2, 0.25) is 0 Å². The number of nitrogens with one attached hydrogen (secondary N) is 1. The molecule has 0 spiro atoms. The van der Waals surface area contributed by atoms with Gasteiger partial charge in [-0.1, -0.05) is 0 Å². The standard InChI is InChI=1S/C16H29N3O3/c1-12(2)18-7-5-13(6-8-18)14(20)19-9-10-22-16(3,11-19)15(21)17-4/h12-13H,5-11H2,1-4H3,(H,17,21). The highest BCUT2D eigenvalue weighted by Crippen LogP contribution is 2.24. The molecule has 1 unspecified atom stereocenters. The van der Waals surface area contributed by atoms with Crippen molar-refractivity contribution in [2.24, 2.45) is 5.92 Å². The van der Waals surface area contributed by atoms with Crippen LogP contribution in [0.25, 0.3) is 0 Å². The molecule has 0 aromatic carbocycles. The molecule has 2 fully saturated rings. The highest BCUT2D eigenvalue weighted by atomic mass is 16.5. The molecule has 2 amide bonds. The summed E-state index contributed by atoms with van der Waals surface area (Å²) >= 11 is 0. The van der Waals surface area contributed by atoms with Gasteiger partial charge in [-0.2, -0.15) is 0 Å². The summed E-state index contributed by atoms with van der Waals surface area (Å²) in [7, 11) is 1.60. The van der Waals surface area contributed by atoms with Crippen molar-refractivity contribution in [3.8, 4) is 0 Å². The maximum atomic E-state index is 12.7. The molecule has 6 nitrogen and oxygen atoms in total. The van der Waals surface area contributed by atoms with Gasteiger partial charge >= 0.3 is 0 Å². The van der Waals surface area contributed by atoms with Crippen LogP contribution in [-0.4, -0.2) is 73.1 Å². The van der Waals surface area contributed by atoms with Crippen LogP contribution in [0.3, 0.4) is 0 Å². The number of ether oxygens (including phenoxy) is 1. The number of likely N-dealkylation sites (N-methyl/N-ethyl adjacent to an activating group) is 1. The van der Waals surface area contributed by atoms with Crippen molar-refractivity contribution >= 4 is 11.8 Å². The Balaban J connectivity index is 1.94. The van der Waals surface area contributed by atoms with Crippen molar-refractivity contribution in [1.82, 2.24) is 15.1 Å². The molecule has 22 heavy (non-hydrogen) atoms. The molecule has 0 bridgehead atoms. The van der Waals surface area contributed by atoms with Crippen molar-refractivity contribution in [3.05, 3.63) is 0 Å². The first-order valence-corrected chi connectivity index (χ1v) is 8.26. The lowest BCUT2D eigenvalue weighted by Crippen LogP contribution is -2.60. The van der Waals surface area contributed by atoms with Gasteiger partial charge in [0.05, 0.1) is 13.2 Å². The quantitative estimate of drug-likeness (QED) is 0.823. The van der Waals surface area contributed by atoms with E-state index in [0.717, 1.165) is 25.9 Å². The highest BCUT2D eigenvalue weighted by Gasteiger charge is 2.41. The first-order chi connectivity index (χ1) is 10.4. The fourth-order valence-electron chi connectivity index (χ4n) is 3.38. The smallest absolute Gasteiger partial charge is 0.253 e. The van der Waals surface area contributed by atoms with Crippen LogP contribution >= 0.6 is 0 Å². The van der Waals surface area contributed by atoms with Gasteiger partial charge in [0.1, 0.15) is 0 Å². The topological polar surface area (TPSA) is 61.9 Å². The van der Waals surface area contributed by atoms with Crippen molar-refractivity contribution in [3.63, 3.8) is 0 Å². The number of carbonyl (C=O) groups is 2. The predicted octanol–water partition coefficient (Wildman–Crippen LogP) is 0.470. The summed E-state index contributed by atoms with van der Waals surface area (Å²) in [4.78, 5) is 28.9. The molecule has 2 heterocycles. The number of hydrogen-bond acceptors (Lipinski definition) is 4. The molecule has 1 atom stereocenters. The molecule has 2 saturated heterocycles. The van der Waals surface area contributed by atoms with E-state index in [1.807, 2.05) is 4.90 Å². The van der Waals surface area contributed by atoms with Gasteiger partial charge in [-0.25, -0.2) is 0 Å². The lowest BCUT2D eigenvalue weighted by atomic mass is 9.93. The molecule has 2 rings (SSSR count). The third-order valence-electron chi connectivity index (χ3n) is 4.90. The van der Waals surface area contributed by atoms with Gasteiger partial charge in [-0.15, -0.1) is 0 Å². The second-order valence-electron chi connectivity index (χ2n) is 6.82. The van der Waals surface area contributed by atoms with E-state index in [0.29, 0.717) is 25.7 Å². The first-order valence-electron chi connectivity index (χ1n) is 8.26. The van der Waals surface area contributed by atoms with Gasteiger partial charge in [-0.05, 0) is 46.7 Å². The molecule has 0 saturated carbocycles. The Morgan fingerprint density at radius 3 is 2.41 bits per heavy atom. The lowest BCUT2D eigenvalue weighted by molar-refractivity contribution is -0.165. The Labute approximate surface area is 133 Å². The minimum Gasteiger partial charge on any atom is -0.362 e. The summed E-state index contributed by atoms with van der Waals surface area (Å²) in [6.07, 6.45) is 1.82. The fraction of sp³-hybridized carbons (Fsp3) is 0.875. The Hall–Kier alpha value is -1.14. The molecule has 0 aromatic heterocycles. The van der Waals surface area contributed by atoms with Crippen LogP contribution in [0.5, 0.6) is 0 Å². The molecule has 2 aliphatic heterocycles. The minimum atomic E-state index is -0.929. The monoisotopic (exact) mass is 311 g/mol. The summed E-state index contributed by atoms with van der Waals surface area (Å²) in [6, 6.07) is 0.538. The Morgan fingerprint density at radius 1 is 1.23 bits per heavy atom. The second kappa shape index (κ2) is 6.96. The minimum absolute atomic E-state index is 0.0852. The van der Waals surface area contributed by atoms with Crippen LogP contribution in [0, 0.1) is 5.92 Å². The van der Waals surface area contributed by atoms with Gasteiger partial charge in [0.2, 0.25) is 5.91 Å². The number of piperidine rings is 1. The summed E-state index contributed by atoms with van der Waals surface area (Å²) in [5, 5.41) is 2.62. The second-order valence-corrected chi connectivity index (χ2v) is 6.82. The molecule has 0 radical (unpaired) electrons.